The summed E-state index contributed by atoms with van der Waals surface area (Å²) in [4.78, 5) is 0. The lowest BCUT2D eigenvalue weighted by atomic mass is 9.83. The van der Waals surface area contributed by atoms with Gasteiger partial charge in [0.2, 0.25) is 0 Å². The van der Waals surface area contributed by atoms with Crippen LogP contribution in [0.4, 0.5) is 0 Å². The van der Waals surface area contributed by atoms with Crippen molar-refractivity contribution in [1.82, 2.24) is 0 Å². The monoisotopic (exact) mass is 329 g/mol. The molecule has 0 amide bonds. The first kappa shape index (κ1) is 17.3. The van der Waals surface area contributed by atoms with Gasteiger partial charge in [0.25, 0.3) is 0 Å². The van der Waals surface area contributed by atoms with Crippen molar-refractivity contribution < 1.29 is 0 Å². The van der Waals surface area contributed by atoms with Crippen molar-refractivity contribution in [1.29, 1.82) is 0 Å². The smallest absolute Gasteiger partial charge is 0.0408 e. The largest absolute Gasteiger partial charge is 0.330 e. The molecule has 2 N–H and O–H groups in total. The molecule has 20 heavy (non-hydrogen) atoms. The first-order chi connectivity index (χ1) is 9.11. The van der Waals surface area contributed by atoms with Gasteiger partial charge in [-0.1, -0.05) is 54.4 Å². The number of hydrogen-bond donors (Lipinski definition) is 1. The molecule has 0 bridgehead atoms. The lowest BCUT2D eigenvalue weighted by Crippen LogP contribution is -2.18. The summed E-state index contributed by atoms with van der Waals surface area (Å²) in [5.74, 6) is 0.570. The predicted octanol–water partition coefficient (Wildman–Crippen LogP) is 5.26. The van der Waals surface area contributed by atoms with Crippen LogP contribution in [-0.2, 0) is 0 Å². The van der Waals surface area contributed by atoms with Crippen molar-refractivity contribution in [3.63, 3.8) is 0 Å². The highest BCUT2D eigenvalue weighted by atomic mass is 35.5. The fourth-order valence-electron chi connectivity index (χ4n) is 2.36. The number of benzene rings is 2. The van der Waals surface area contributed by atoms with E-state index in [0.29, 0.717) is 12.5 Å². The van der Waals surface area contributed by atoms with Crippen LogP contribution in [0, 0.1) is 0 Å². The summed E-state index contributed by atoms with van der Waals surface area (Å²) < 4.78 is 0. The normalized spacial score (nSPS) is 13.4. The van der Waals surface area contributed by atoms with E-state index in [1.807, 2.05) is 30.3 Å². The van der Waals surface area contributed by atoms with Crippen LogP contribution in [0.5, 0.6) is 0 Å². The van der Waals surface area contributed by atoms with Crippen molar-refractivity contribution in [2.45, 2.75) is 18.8 Å². The third-order valence-corrected chi connectivity index (χ3v) is 4.02. The Morgan fingerprint density at radius 2 is 1.60 bits per heavy atom. The second kappa shape index (κ2) is 7.90. The standard InChI is InChI=1S/C16H17Cl2N.ClH/c1-11(12-5-7-14(17)8-6-12)16(10-19)13-3-2-4-15(18)9-13;/h2-9,11,16H,10,19H2,1H3;1H. The average molecular weight is 331 g/mol. The zero-order chi connectivity index (χ0) is 13.8. The second-order valence-electron chi connectivity index (χ2n) is 4.74. The van der Waals surface area contributed by atoms with Gasteiger partial charge in [0.05, 0.1) is 0 Å². The van der Waals surface area contributed by atoms with Crippen molar-refractivity contribution in [3.05, 3.63) is 69.7 Å². The van der Waals surface area contributed by atoms with Crippen LogP contribution >= 0.6 is 35.6 Å². The van der Waals surface area contributed by atoms with Crippen molar-refractivity contribution in [3.8, 4) is 0 Å². The summed E-state index contributed by atoms with van der Waals surface area (Å²) in [6, 6.07) is 15.9. The van der Waals surface area contributed by atoms with Gasteiger partial charge in [0.15, 0.2) is 0 Å². The van der Waals surface area contributed by atoms with E-state index >= 15 is 0 Å². The van der Waals surface area contributed by atoms with E-state index in [2.05, 4.69) is 25.1 Å². The van der Waals surface area contributed by atoms with Crippen LogP contribution < -0.4 is 5.73 Å². The van der Waals surface area contributed by atoms with Crippen LogP contribution in [0.25, 0.3) is 0 Å². The molecule has 0 fully saturated rings. The number of hydrogen-bond acceptors (Lipinski definition) is 1. The van der Waals surface area contributed by atoms with Gasteiger partial charge in [-0.25, -0.2) is 0 Å². The molecule has 0 radical (unpaired) electrons. The maximum absolute atomic E-state index is 6.06. The molecule has 2 rings (SSSR count). The summed E-state index contributed by atoms with van der Waals surface area (Å²) >= 11 is 12.0. The van der Waals surface area contributed by atoms with Gasteiger partial charge in [0, 0.05) is 16.0 Å². The molecule has 2 atom stereocenters. The van der Waals surface area contributed by atoms with Crippen molar-refractivity contribution >= 4 is 35.6 Å². The zero-order valence-electron chi connectivity index (χ0n) is 11.2. The van der Waals surface area contributed by atoms with Gasteiger partial charge >= 0.3 is 0 Å². The fraction of sp³-hybridized carbons (Fsp3) is 0.250. The molecule has 0 heterocycles. The van der Waals surface area contributed by atoms with Crippen LogP contribution in [0.1, 0.15) is 29.9 Å². The zero-order valence-corrected chi connectivity index (χ0v) is 13.6. The van der Waals surface area contributed by atoms with Crippen molar-refractivity contribution in [2.24, 2.45) is 5.73 Å². The minimum Gasteiger partial charge on any atom is -0.330 e. The predicted molar refractivity (Wildman–Crippen MR) is 90.4 cm³/mol. The van der Waals surface area contributed by atoms with E-state index in [1.54, 1.807) is 0 Å². The van der Waals surface area contributed by atoms with Crippen molar-refractivity contribution in [2.75, 3.05) is 6.54 Å². The molecule has 0 aliphatic carbocycles. The molecular weight excluding hydrogens is 313 g/mol. The highest BCUT2D eigenvalue weighted by Gasteiger charge is 2.19. The van der Waals surface area contributed by atoms with Crippen LogP contribution in [0.2, 0.25) is 10.0 Å². The SMILES string of the molecule is CC(c1ccc(Cl)cc1)C(CN)c1cccc(Cl)c1.Cl. The molecule has 0 spiro atoms. The van der Waals surface area contributed by atoms with E-state index in [0.717, 1.165) is 10.0 Å². The van der Waals surface area contributed by atoms with E-state index in [9.17, 15) is 0 Å². The molecule has 0 aromatic heterocycles. The van der Waals surface area contributed by atoms with Crippen LogP contribution in [0.3, 0.4) is 0 Å². The lowest BCUT2D eigenvalue weighted by Gasteiger charge is -2.23. The summed E-state index contributed by atoms with van der Waals surface area (Å²) in [5.41, 5.74) is 8.37. The van der Waals surface area contributed by atoms with Crippen LogP contribution in [0.15, 0.2) is 48.5 Å². The quantitative estimate of drug-likeness (QED) is 0.813. The maximum Gasteiger partial charge on any atom is 0.0408 e. The molecule has 2 unspecified atom stereocenters. The Morgan fingerprint density at radius 3 is 2.15 bits per heavy atom. The van der Waals surface area contributed by atoms with Gasteiger partial charge in [0.1, 0.15) is 0 Å². The van der Waals surface area contributed by atoms with E-state index in [-0.39, 0.29) is 18.3 Å². The molecular formula is C16H18Cl3N. The topological polar surface area (TPSA) is 26.0 Å². The molecule has 2 aromatic rings. The number of rotatable bonds is 4. The third kappa shape index (κ3) is 4.13. The fourth-order valence-corrected chi connectivity index (χ4v) is 2.69. The molecule has 0 aliphatic heterocycles. The lowest BCUT2D eigenvalue weighted by molar-refractivity contribution is 0.585. The van der Waals surface area contributed by atoms with E-state index in [1.165, 1.54) is 11.1 Å². The summed E-state index contributed by atoms with van der Waals surface area (Å²) in [5, 5.41) is 1.50. The maximum atomic E-state index is 6.06. The Kier molecular flexibility index (Phi) is 6.84. The van der Waals surface area contributed by atoms with Gasteiger partial charge in [-0.3, -0.25) is 0 Å². The highest BCUT2D eigenvalue weighted by Crippen LogP contribution is 2.33. The number of nitrogens with two attached hydrogens (primary N) is 1. The summed E-state index contributed by atoms with van der Waals surface area (Å²) in [7, 11) is 0. The molecule has 108 valence electrons. The number of halogens is 3. The Balaban J connectivity index is 0.00000200. The summed E-state index contributed by atoms with van der Waals surface area (Å²) in [6.45, 7) is 2.77. The van der Waals surface area contributed by atoms with Gasteiger partial charge in [-0.15, -0.1) is 12.4 Å². The van der Waals surface area contributed by atoms with E-state index in [4.69, 9.17) is 28.9 Å². The molecule has 0 saturated carbocycles. The molecule has 2 aromatic carbocycles. The van der Waals surface area contributed by atoms with Gasteiger partial charge in [-0.2, -0.15) is 0 Å². The Labute approximate surface area is 136 Å². The van der Waals surface area contributed by atoms with Crippen LogP contribution in [-0.4, -0.2) is 6.54 Å². The first-order valence-electron chi connectivity index (χ1n) is 6.33. The Bertz CT molecular complexity index is 540. The molecule has 0 saturated heterocycles. The Hall–Kier alpha value is -0.730. The molecule has 0 aliphatic rings. The minimum atomic E-state index is 0. The van der Waals surface area contributed by atoms with Gasteiger partial charge in [-0.05, 0) is 47.9 Å². The first-order valence-corrected chi connectivity index (χ1v) is 7.08. The average Bonchev–Trinajstić information content (AvgIpc) is 2.40. The Morgan fingerprint density at radius 1 is 0.950 bits per heavy atom. The van der Waals surface area contributed by atoms with Gasteiger partial charge < -0.3 is 5.73 Å². The molecule has 1 nitrogen and oxygen atoms in total. The van der Waals surface area contributed by atoms with E-state index < -0.39 is 0 Å². The molecule has 4 heteroatoms. The highest BCUT2D eigenvalue weighted by molar-refractivity contribution is 6.30. The third-order valence-electron chi connectivity index (χ3n) is 3.53. The summed E-state index contributed by atoms with van der Waals surface area (Å²) in [6.07, 6.45) is 0. The minimum absolute atomic E-state index is 0. The second-order valence-corrected chi connectivity index (χ2v) is 5.61.